The van der Waals surface area contributed by atoms with Crippen molar-refractivity contribution in [1.82, 2.24) is 9.80 Å². The van der Waals surface area contributed by atoms with Crippen molar-refractivity contribution in [3.63, 3.8) is 0 Å². The number of nitrogens with one attached hydrogen (secondary N) is 1. The lowest BCUT2D eigenvalue weighted by Crippen LogP contribution is -2.49. The number of anilines is 1. The lowest BCUT2D eigenvalue weighted by molar-refractivity contribution is 0.143. The maximum Gasteiger partial charge on any atom is 0.321 e. The molecule has 0 radical (unpaired) electrons. The molecule has 1 N–H and O–H groups in total. The van der Waals surface area contributed by atoms with E-state index in [0.29, 0.717) is 18.1 Å². The van der Waals surface area contributed by atoms with E-state index in [0.717, 1.165) is 35.9 Å². The number of rotatable bonds is 3. The molecule has 1 heterocycles. The lowest BCUT2D eigenvalue weighted by atomic mass is 10.2. The summed E-state index contributed by atoms with van der Waals surface area (Å²) in [7, 11) is 0. The van der Waals surface area contributed by atoms with Crippen LogP contribution in [0.1, 0.15) is 11.1 Å². The van der Waals surface area contributed by atoms with Crippen molar-refractivity contribution in [2.45, 2.75) is 13.5 Å². The maximum atomic E-state index is 12.4. The molecular weight excluding hydrogens is 357 g/mol. The highest BCUT2D eigenvalue weighted by molar-refractivity contribution is 6.31. The Bertz CT molecular complexity index is 741. The standard InChI is InChI=1S/C19H21Cl2N3O/c1-14-2-7-17(12-18(14)21)22-19(25)24-10-8-23(9-11-24)13-15-3-5-16(20)6-4-15/h2-7,12H,8-11,13H2,1H3,(H,22,25). The average molecular weight is 378 g/mol. The van der Waals surface area contributed by atoms with E-state index in [1.54, 1.807) is 6.07 Å². The Morgan fingerprint density at radius 3 is 2.36 bits per heavy atom. The van der Waals surface area contributed by atoms with Crippen molar-refractivity contribution >= 4 is 34.9 Å². The largest absolute Gasteiger partial charge is 0.322 e. The molecule has 1 saturated heterocycles. The van der Waals surface area contributed by atoms with Crippen molar-refractivity contribution in [2.75, 3.05) is 31.5 Å². The van der Waals surface area contributed by atoms with Gasteiger partial charge in [-0.2, -0.15) is 0 Å². The Hall–Kier alpha value is -1.75. The smallest absolute Gasteiger partial charge is 0.321 e. The topological polar surface area (TPSA) is 35.6 Å². The molecule has 2 aromatic rings. The van der Waals surface area contributed by atoms with Gasteiger partial charge in [0.2, 0.25) is 0 Å². The van der Waals surface area contributed by atoms with Crippen molar-refractivity contribution < 1.29 is 4.79 Å². The van der Waals surface area contributed by atoms with Crippen LogP contribution in [0.25, 0.3) is 0 Å². The van der Waals surface area contributed by atoms with E-state index in [4.69, 9.17) is 23.2 Å². The van der Waals surface area contributed by atoms with Gasteiger partial charge in [0.15, 0.2) is 0 Å². The second-order valence-electron chi connectivity index (χ2n) is 6.28. The summed E-state index contributed by atoms with van der Waals surface area (Å²) in [5.74, 6) is 0. The molecule has 3 rings (SSSR count). The number of aryl methyl sites for hydroxylation is 1. The second-order valence-corrected chi connectivity index (χ2v) is 7.13. The van der Waals surface area contributed by atoms with Crippen LogP contribution in [0.2, 0.25) is 10.0 Å². The molecule has 0 unspecified atom stereocenters. The zero-order chi connectivity index (χ0) is 17.8. The highest BCUT2D eigenvalue weighted by Crippen LogP contribution is 2.20. The average Bonchev–Trinajstić information content (AvgIpc) is 2.61. The van der Waals surface area contributed by atoms with Crippen LogP contribution in [0.3, 0.4) is 0 Å². The molecule has 0 saturated carbocycles. The van der Waals surface area contributed by atoms with Crippen molar-refractivity contribution in [3.05, 3.63) is 63.6 Å². The number of urea groups is 1. The van der Waals surface area contributed by atoms with Gasteiger partial charge in [-0.25, -0.2) is 4.79 Å². The first-order chi connectivity index (χ1) is 12.0. The van der Waals surface area contributed by atoms with Gasteiger partial charge in [-0.15, -0.1) is 0 Å². The van der Waals surface area contributed by atoms with E-state index in [1.165, 1.54) is 5.56 Å². The molecule has 0 atom stereocenters. The number of hydrogen-bond acceptors (Lipinski definition) is 2. The van der Waals surface area contributed by atoms with Gasteiger partial charge in [0.1, 0.15) is 0 Å². The number of hydrogen-bond donors (Lipinski definition) is 1. The normalized spacial score (nSPS) is 15.2. The van der Waals surface area contributed by atoms with E-state index in [2.05, 4.69) is 10.2 Å². The summed E-state index contributed by atoms with van der Waals surface area (Å²) in [4.78, 5) is 16.6. The predicted molar refractivity (Wildman–Crippen MR) is 104 cm³/mol. The molecule has 0 bridgehead atoms. The van der Waals surface area contributed by atoms with Gasteiger partial charge in [0.05, 0.1) is 0 Å². The monoisotopic (exact) mass is 377 g/mol. The Labute approximate surface area is 158 Å². The number of amides is 2. The number of carbonyl (C=O) groups excluding carboxylic acids is 1. The third kappa shape index (κ3) is 4.88. The Balaban J connectivity index is 1.50. The summed E-state index contributed by atoms with van der Waals surface area (Å²) < 4.78 is 0. The van der Waals surface area contributed by atoms with Gasteiger partial charge in [0.25, 0.3) is 0 Å². The van der Waals surface area contributed by atoms with Crippen LogP contribution in [-0.2, 0) is 6.54 Å². The zero-order valence-corrected chi connectivity index (χ0v) is 15.6. The summed E-state index contributed by atoms with van der Waals surface area (Å²) in [5.41, 5.74) is 2.95. The minimum atomic E-state index is -0.0777. The maximum absolute atomic E-state index is 12.4. The molecular formula is C19H21Cl2N3O. The van der Waals surface area contributed by atoms with E-state index in [1.807, 2.05) is 48.2 Å². The molecule has 0 aliphatic carbocycles. The highest BCUT2D eigenvalue weighted by Gasteiger charge is 2.21. The van der Waals surface area contributed by atoms with Crippen LogP contribution < -0.4 is 5.32 Å². The van der Waals surface area contributed by atoms with Crippen LogP contribution >= 0.6 is 23.2 Å². The van der Waals surface area contributed by atoms with Crippen LogP contribution in [0, 0.1) is 6.92 Å². The summed E-state index contributed by atoms with van der Waals surface area (Å²) in [6.45, 7) is 5.93. The van der Waals surface area contributed by atoms with Gasteiger partial charge in [0, 0.05) is 48.5 Å². The number of carbonyl (C=O) groups is 1. The van der Waals surface area contributed by atoms with Crippen molar-refractivity contribution in [2.24, 2.45) is 0 Å². The summed E-state index contributed by atoms with van der Waals surface area (Å²) in [5, 5.41) is 4.33. The molecule has 6 heteroatoms. The van der Waals surface area contributed by atoms with Crippen LogP contribution in [0.4, 0.5) is 10.5 Å². The Morgan fingerprint density at radius 2 is 1.72 bits per heavy atom. The number of halogens is 2. The van der Waals surface area contributed by atoms with Gasteiger partial charge >= 0.3 is 6.03 Å². The molecule has 132 valence electrons. The molecule has 4 nitrogen and oxygen atoms in total. The molecule has 25 heavy (non-hydrogen) atoms. The third-order valence-corrected chi connectivity index (χ3v) is 5.06. The summed E-state index contributed by atoms with van der Waals surface area (Å²) >= 11 is 12.0. The highest BCUT2D eigenvalue weighted by atomic mass is 35.5. The molecule has 1 fully saturated rings. The van der Waals surface area contributed by atoms with E-state index < -0.39 is 0 Å². The van der Waals surface area contributed by atoms with Crippen LogP contribution in [0.5, 0.6) is 0 Å². The first-order valence-electron chi connectivity index (χ1n) is 8.30. The predicted octanol–water partition coefficient (Wildman–Crippen LogP) is 4.65. The Kier molecular flexibility index (Phi) is 5.84. The third-order valence-electron chi connectivity index (χ3n) is 4.40. The fourth-order valence-corrected chi connectivity index (χ4v) is 3.14. The summed E-state index contributed by atoms with van der Waals surface area (Å²) in [6, 6.07) is 13.4. The molecule has 1 aliphatic heterocycles. The van der Waals surface area contributed by atoms with Gasteiger partial charge < -0.3 is 10.2 Å². The van der Waals surface area contributed by atoms with E-state index in [-0.39, 0.29) is 6.03 Å². The fraction of sp³-hybridized carbons (Fsp3) is 0.316. The van der Waals surface area contributed by atoms with Crippen LogP contribution in [-0.4, -0.2) is 42.0 Å². The summed E-state index contributed by atoms with van der Waals surface area (Å²) in [6.07, 6.45) is 0. The molecule has 0 aromatic heterocycles. The number of benzene rings is 2. The van der Waals surface area contributed by atoms with Gasteiger partial charge in [-0.1, -0.05) is 41.4 Å². The SMILES string of the molecule is Cc1ccc(NC(=O)N2CCN(Cc3ccc(Cl)cc3)CC2)cc1Cl. The minimum absolute atomic E-state index is 0.0777. The molecule has 0 spiro atoms. The minimum Gasteiger partial charge on any atom is -0.322 e. The number of nitrogens with zero attached hydrogens (tertiary/aromatic N) is 2. The van der Waals surface area contributed by atoms with Crippen LogP contribution in [0.15, 0.2) is 42.5 Å². The van der Waals surface area contributed by atoms with Gasteiger partial charge in [-0.05, 0) is 42.3 Å². The molecule has 2 aromatic carbocycles. The number of piperazine rings is 1. The van der Waals surface area contributed by atoms with E-state index in [9.17, 15) is 4.79 Å². The molecule has 2 amide bonds. The lowest BCUT2D eigenvalue weighted by Gasteiger charge is -2.34. The van der Waals surface area contributed by atoms with E-state index >= 15 is 0 Å². The van der Waals surface area contributed by atoms with Crippen molar-refractivity contribution in [3.8, 4) is 0 Å². The quantitative estimate of drug-likeness (QED) is 0.844. The molecule has 1 aliphatic rings. The van der Waals surface area contributed by atoms with Gasteiger partial charge in [-0.3, -0.25) is 4.90 Å². The van der Waals surface area contributed by atoms with Crippen molar-refractivity contribution in [1.29, 1.82) is 0 Å². The zero-order valence-electron chi connectivity index (χ0n) is 14.1. The first-order valence-corrected chi connectivity index (χ1v) is 9.06. The fourth-order valence-electron chi connectivity index (χ4n) is 2.83. The first kappa shape index (κ1) is 18.1. The second kappa shape index (κ2) is 8.09. The Morgan fingerprint density at radius 1 is 1.04 bits per heavy atom.